The van der Waals surface area contributed by atoms with Gasteiger partial charge in [-0.05, 0) is 93.8 Å². The normalized spacial score (nSPS) is 12.6. The van der Waals surface area contributed by atoms with Gasteiger partial charge in [0.15, 0.2) is 17.3 Å². The molecule has 5 nitrogen and oxygen atoms in total. The molecule has 186 valence electrons. The lowest BCUT2D eigenvalue weighted by molar-refractivity contribution is 0.0993. The summed E-state index contributed by atoms with van der Waals surface area (Å²) in [6.07, 6.45) is 2.33. The second kappa shape index (κ2) is 10.2. The summed E-state index contributed by atoms with van der Waals surface area (Å²) < 4.78 is 13.2. The Morgan fingerprint density at radius 3 is 2.39 bits per heavy atom. The zero-order valence-corrected chi connectivity index (χ0v) is 21.6. The van der Waals surface area contributed by atoms with Crippen LogP contribution in [0.25, 0.3) is 10.9 Å². The molecule has 0 saturated heterocycles. The van der Waals surface area contributed by atoms with E-state index < -0.39 is 0 Å². The van der Waals surface area contributed by atoms with E-state index in [4.69, 9.17) is 9.47 Å². The number of hydrogen-bond acceptors (Lipinski definition) is 4. The van der Waals surface area contributed by atoms with E-state index in [0.717, 1.165) is 42.8 Å². The topological polar surface area (TPSA) is 43.7 Å². The van der Waals surface area contributed by atoms with E-state index in [0.29, 0.717) is 12.2 Å². The van der Waals surface area contributed by atoms with Crippen molar-refractivity contribution in [1.29, 1.82) is 0 Å². The molecule has 1 aromatic heterocycles. The van der Waals surface area contributed by atoms with E-state index in [1.165, 1.54) is 33.3 Å². The summed E-state index contributed by atoms with van der Waals surface area (Å²) in [7, 11) is 4.25. The van der Waals surface area contributed by atoms with Gasteiger partial charge in [0, 0.05) is 35.1 Å². The number of Topliss-reactive ketones (excluding diaryl/α,β-unsaturated/α-hetero) is 1. The predicted octanol–water partition coefficient (Wildman–Crippen LogP) is 5.95. The third-order valence-electron chi connectivity index (χ3n) is 7.18. The van der Waals surface area contributed by atoms with Crippen LogP contribution in [0.1, 0.15) is 44.7 Å². The zero-order valence-electron chi connectivity index (χ0n) is 21.6. The first-order valence-corrected chi connectivity index (χ1v) is 12.6. The molecule has 0 aliphatic carbocycles. The summed E-state index contributed by atoms with van der Waals surface area (Å²) in [4.78, 5) is 15.1. The van der Waals surface area contributed by atoms with Crippen LogP contribution in [-0.2, 0) is 19.4 Å². The van der Waals surface area contributed by atoms with Crippen molar-refractivity contribution >= 4 is 16.7 Å². The standard InChI is InChI=1S/C31H34N2O3/c1-21-22(2)33(15-5-14-32(3)4)28-12-8-24(17-27(21)28)16-23-6-10-26(11-7-23)29(34)18-25-9-13-30-31(19-25)36-20-35-30/h6-13,17,19H,5,14-16,18,20H2,1-4H3. The lowest BCUT2D eigenvalue weighted by Gasteiger charge is -2.12. The van der Waals surface area contributed by atoms with Crippen molar-refractivity contribution in [3.8, 4) is 11.5 Å². The van der Waals surface area contributed by atoms with Gasteiger partial charge in [-0.3, -0.25) is 4.79 Å². The van der Waals surface area contributed by atoms with Gasteiger partial charge in [0.05, 0.1) is 0 Å². The highest BCUT2D eigenvalue weighted by Gasteiger charge is 2.16. The van der Waals surface area contributed by atoms with Crippen LogP contribution in [-0.4, -0.2) is 42.7 Å². The van der Waals surface area contributed by atoms with Crippen molar-refractivity contribution in [3.05, 3.63) is 94.2 Å². The van der Waals surface area contributed by atoms with Crippen LogP contribution in [0, 0.1) is 13.8 Å². The Bertz CT molecular complexity index is 1400. The van der Waals surface area contributed by atoms with Crippen LogP contribution < -0.4 is 9.47 Å². The molecule has 0 fully saturated rings. The summed E-state index contributed by atoms with van der Waals surface area (Å²) in [5, 5.41) is 1.34. The first kappa shape index (κ1) is 24.1. The number of nitrogens with zero attached hydrogens (tertiary/aromatic N) is 2. The van der Waals surface area contributed by atoms with E-state index in [1.54, 1.807) is 0 Å². The zero-order chi connectivity index (χ0) is 25.2. The predicted molar refractivity (Wildman–Crippen MR) is 144 cm³/mol. The van der Waals surface area contributed by atoms with E-state index in [1.807, 2.05) is 30.3 Å². The minimum atomic E-state index is 0.101. The van der Waals surface area contributed by atoms with Crippen LogP contribution >= 0.6 is 0 Å². The van der Waals surface area contributed by atoms with Crippen LogP contribution in [0.2, 0.25) is 0 Å². The molecule has 0 bridgehead atoms. The van der Waals surface area contributed by atoms with Crippen molar-refractivity contribution in [2.75, 3.05) is 27.4 Å². The third kappa shape index (κ3) is 5.02. The van der Waals surface area contributed by atoms with Crippen molar-refractivity contribution in [2.45, 2.75) is 39.7 Å². The number of aromatic nitrogens is 1. The number of benzene rings is 3. The van der Waals surface area contributed by atoms with Crippen LogP contribution in [0.15, 0.2) is 60.7 Å². The van der Waals surface area contributed by atoms with Crippen molar-refractivity contribution in [3.63, 3.8) is 0 Å². The molecular formula is C31H34N2O3. The Balaban J connectivity index is 1.27. The maximum atomic E-state index is 12.8. The Morgan fingerprint density at radius 2 is 1.61 bits per heavy atom. The maximum absolute atomic E-state index is 12.8. The van der Waals surface area contributed by atoms with E-state index in [2.05, 4.69) is 67.7 Å². The Labute approximate surface area is 213 Å². The monoisotopic (exact) mass is 482 g/mol. The number of carbonyl (C=O) groups is 1. The van der Waals surface area contributed by atoms with Crippen LogP contribution in [0.5, 0.6) is 11.5 Å². The molecule has 1 aliphatic heterocycles. The van der Waals surface area contributed by atoms with Gasteiger partial charge in [0.25, 0.3) is 0 Å². The molecule has 3 aromatic carbocycles. The van der Waals surface area contributed by atoms with Gasteiger partial charge in [-0.1, -0.05) is 36.4 Å². The minimum absolute atomic E-state index is 0.101. The molecule has 0 radical (unpaired) electrons. The third-order valence-corrected chi connectivity index (χ3v) is 7.18. The molecule has 0 amide bonds. The highest BCUT2D eigenvalue weighted by atomic mass is 16.7. The lowest BCUT2D eigenvalue weighted by Crippen LogP contribution is -2.15. The number of carbonyl (C=O) groups excluding carboxylic acids is 1. The molecule has 2 heterocycles. The molecule has 5 heteroatoms. The summed E-state index contributed by atoms with van der Waals surface area (Å²) >= 11 is 0. The van der Waals surface area contributed by atoms with Gasteiger partial charge >= 0.3 is 0 Å². The first-order valence-electron chi connectivity index (χ1n) is 12.6. The molecule has 0 spiro atoms. The summed E-state index contributed by atoms with van der Waals surface area (Å²) in [6.45, 7) is 6.82. The van der Waals surface area contributed by atoms with Crippen molar-refractivity contribution in [1.82, 2.24) is 9.47 Å². The van der Waals surface area contributed by atoms with E-state index in [9.17, 15) is 4.79 Å². The number of hydrogen-bond donors (Lipinski definition) is 0. The number of aryl methyl sites for hydroxylation is 2. The summed E-state index contributed by atoms with van der Waals surface area (Å²) in [5.74, 6) is 1.55. The lowest BCUT2D eigenvalue weighted by atomic mass is 9.98. The Hall–Kier alpha value is -3.57. The first-order chi connectivity index (χ1) is 17.4. The summed E-state index contributed by atoms with van der Waals surface area (Å²) in [5.41, 5.74) is 8.18. The molecule has 1 aliphatic rings. The Morgan fingerprint density at radius 1 is 0.889 bits per heavy atom. The highest BCUT2D eigenvalue weighted by Crippen LogP contribution is 2.33. The van der Waals surface area contributed by atoms with Crippen molar-refractivity contribution in [2.24, 2.45) is 0 Å². The van der Waals surface area contributed by atoms with E-state index >= 15 is 0 Å². The number of rotatable bonds is 9. The van der Waals surface area contributed by atoms with Gasteiger partial charge in [-0.25, -0.2) is 0 Å². The van der Waals surface area contributed by atoms with Gasteiger partial charge in [-0.15, -0.1) is 0 Å². The molecule has 5 rings (SSSR count). The smallest absolute Gasteiger partial charge is 0.231 e. The van der Waals surface area contributed by atoms with Crippen LogP contribution in [0.4, 0.5) is 0 Å². The molecule has 0 saturated carbocycles. The highest BCUT2D eigenvalue weighted by molar-refractivity contribution is 5.97. The molecule has 0 unspecified atom stereocenters. The van der Waals surface area contributed by atoms with Gasteiger partial charge in [0.1, 0.15) is 0 Å². The van der Waals surface area contributed by atoms with Crippen molar-refractivity contribution < 1.29 is 14.3 Å². The van der Waals surface area contributed by atoms with Gasteiger partial charge < -0.3 is 18.9 Å². The van der Waals surface area contributed by atoms with Gasteiger partial charge in [0.2, 0.25) is 6.79 Å². The fraction of sp³-hybridized carbons (Fsp3) is 0.323. The fourth-order valence-electron chi connectivity index (χ4n) is 5.02. The minimum Gasteiger partial charge on any atom is -0.454 e. The summed E-state index contributed by atoms with van der Waals surface area (Å²) in [6, 6.07) is 20.6. The maximum Gasteiger partial charge on any atom is 0.231 e. The second-order valence-electron chi connectivity index (χ2n) is 10.0. The molecule has 0 N–H and O–H groups in total. The largest absolute Gasteiger partial charge is 0.454 e. The van der Waals surface area contributed by atoms with Gasteiger partial charge in [-0.2, -0.15) is 0 Å². The second-order valence-corrected chi connectivity index (χ2v) is 10.0. The fourth-order valence-corrected chi connectivity index (χ4v) is 5.02. The average molecular weight is 483 g/mol. The number of fused-ring (bicyclic) bond motifs is 2. The molecular weight excluding hydrogens is 448 g/mol. The Kier molecular flexibility index (Phi) is 6.84. The number of ether oxygens (including phenoxy) is 2. The van der Waals surface area contributed by atoms with E-state index in [-0.39, 0.29) is 12.6 Å². The quantitative estimate of drug-likeness (QED) is 0.276. The average Bonchev–Trinajstić information content (AvgIpc) is 3.42. The molecule has 36 heavy (non-hydrogen) atoms. The molecule has 0 atom stereocenters. The van der Waals surface area contributed by atoms with Crippen LogP contribution in [0.3, 0.4) is 0 Å². The molecule has 4 aromatic rings. The SMILES string of the molecule is Cc1c(C)n(CCCN(C)C)c2ccc(Cc3ccc(C(=O)Cc4ccc5c(c4)OCO5)cc3)cc12. The number of ketones is 1.